The molecule has 1 atom stereocenters. The molecular weight excluding hydrogens is 438 g/mol. The number of piperidine rings is 1. The van der Waals surface area contributed by atoms with E-state index in [-0.39, 0.29) is 6.10 Å². The number of aliphatic hydroxyl groups is 1. The van der Waals surface area contributed by atoms with E-state index in [1.54, 1.807) is 24.1 Å². The van der Waals surface area contributed by atoms with Gasteiger partial charge in [-0.15, -0.1) is 0 Å². The molecular formula is C23H29N7O4. The van der Waals surface area contributed by atoms with Gasteiger partial charge < -0.3 is 25.2 Å². The number of carbonyl (C=O) groups is 1. The van der Waals surface area contributed by atoms with E-state index in [4.69, 9.17) is 25.3 Å². The average Bonchev–Trinajstić information content (AvgIpc) is 3.44. The van der Waals surface area contributed by atoms with Crippen molar-refractivity contribution in [3.8, 4) is 5.82 Å². The zero-order valence-electron chi connectivity index (χ0n) is 19.3. The maximum Gasteiger partial charge on any atom is 0.317 e. The Bertz CT molecular complexity index is 1210. The van der Waals surface area contributed by atoms with Crippen molar-refractivity contribution in [2.75, 3.05) is 43.6 Å². The molecule has 0 unspecified atom stereocenters. The van der Waals surface area contributed by atoms with Gasteiger partial charge in [0.05, 0.1) is 29.6 Å². The lowest BCUT2D eigenvalue weighted by Crippen LogP contribution is -2.37. The molecule has 0 bridgehead atoms. The molecule has 4 N–H and O–H groups in total. The fraction of sp³-hybridized carbons (Fsp3) is 0.478. The number of primary amides is 1. The number of hydrogen-bond acceptors (Lipinski definition) is 8. The van der Waals surface area contributed by atoms with E-state index in [2.05, 4.69) is 21.3 Å². The largest absolute Gasteiger partial charge is 0.393 e. The Labute approximate surface area is 196 Å². The minimum atomic E-state index is -0.687. The highest BCUT2D eigenvalue weighted by atomic mass is 16.5. The summed E-state index contributed by atoms with van der Waals surface area (Å²) in [6, 6.07) is 5.09. The van der Waals surface area contributed by atoms with Crippen LogP contribution in [-0.4, -0.2) is 70.4 Å². The second kappa shape index (κ2) is 8.82. The zero-order valence-corrected chi connectivity index (χ0v) is 19.3. The third kappa shape index (κ3) is 4.06. The number of aromatic nitrogens is 4. The van der Waals surface area contributed by atoms with E-state index >= 15 is 0 Å². The number of pyridine rings is 2. The molecule has 2 aliphatic heterocycles. The first-order valence-corrected chi connectivity index (χ1v) is 11.4. The molecule has 0 saturated carbocycles. The van der Waals surface area contributed by atoms with Gasteiger partial charge in [0.15, 0.2) is 5.82 Å². The van der Waals surface area contributed by atoms with Crippen LogP contribution in [-0.2, 0) is 15.1 Å². The number of urea groups is 1. The van der Waals surface area contributed by atoms with Gasteiger partial charge in [-0.3, -0.25) is 5.32 Å². The lowest BCUT2D eigenvalue weighted by molar-refractivity contribution is -0.0245. The van der Waals surface area contributed by atoms with Gasteiger partial charge in [-0.2, -0.15) is 5.10 Å². The van der Waals surface area contributed by atoms with Crippen LogP contribution in [0, 0.1) is 6.92 Å². The molecule has 5 rings (SSSR count). The van der Waals surface area contributed by atoms with Gasteiger partial charge in [0.2, 0.25) is 0 Å². The van der Waals surface area contributed by atoms with Crippen molar-refractivity contribution >= 4 is 28.4 Å². The minimum Gasteiger partial charge on any atom is -0.393 e. The maximum absolute atomic E-state index is 11.4. The third-order valence-electron chi connectivity index (χ3n) is 6.69. The van der Waals surface area contributed by atoms with Crippen molar-refractivity contribution in [1.82, 2.24) is 19.7 Å². The van der Waals surface area contributed by atoms with E-state index < -0.39 is 11.6 Å². The molecule has 34 heavy (non-hydrogen) atoms. The summed E-state index contributed by atoms with van der Waals surface area (Å²) in [7, 11) is 1.68. The standard InChI is InChI=1S/C23H29N7O4/c1-14-17-12-25-20(27-22(24)32)11-18(17)30(28-14)21-10-15(29-6-3-16(31)4-7-29)9-19(26-21)23(33-2)5-8-34-13-23/h9-12,16,31H,3-8,13H2,1-2H3,(H3,24,25,27,32)/t23-/m1/s1. The first-order chi connectivity index (χ1) is 16.4. The highest BCUT2D eigenvalue weighted by Gasteiger charge is 2.39. The Morgan fingerprint density at radius 2 is 2.12 bits per heavy atom. The van der Waals surface area contributed by atoms with Crippen molar-refractivity contribution in [3.63, 3.8) is 0 Å². The average molecular weight is 468 g/mol. The molecule has 3 aromatic heterocycles. The summed E-state index contributed by atoms with van der Waals surface area (Å²) in [5.74, 6) is 0.955. The van der Waals surface area contributed by atoms with E-state index in [9.17, 15) is 9.90 Å². The molecule has 0 radical (unpaired) electrons. The number of carbonyl (C=O) groups excluding carboxylic acids is 1. The lowest BCUT2D eigenvalue weighted by Gasteiger charge is -2.33. The minimum absolute atomic E-state index is 0.271. The first-order valence-electron chi connectivity index (χ1n) is 11.4. The maximum atomic E-state index is 11.4. The molecule has 2 aliphatic rings. The van der Waals surface area contributed by atoms with Gasteiger partial charge in [-0.05, 0) is 25.8 Å². The summed E-state index contributed by atoms with van der Waals surface area (Å²) < 4.78 is 13.4. The SMILES string of the molecule is CO[C@]1(c2cc(N3CCC(O)CC3)cc(-n3nc(C)c4cnc(NC(N)=O)cc43)n2)CCOC1. The Hall–Kier alpha value is -3.28. The van der Waals surface area contributed by atoms with Gasteiger partial charge in [0, 0.05) is 62.6 Å². The molecule has 11 heteroatoms. The van der Waals surface area contributed by atoms with Crippen molar-refractivity contribution in [1.29, 1.82) is 0 Å². The number of methoxy groups -OCH3 is 1. The second-order valence-electron chi connectivity index (χ2n) is 8.86. The quantitative estimate of drug-likeness (QED) is 0.516. The van der Waals surface area contributed by atoms with Crippen LogP contribution in [0.1, 0.15) is 30.7 Å². The van der Waals surface area contributed by atoms with Crippen molar-refractivity contribution < 1.29 is 19.4 Å². The van der Waals surface area contributed by atoms with Gasteiger partial charge in [-0.25, -0.2) is 19.4 Å². The van der Waals surface area contributed by atoms with E-state index in [1.807, 2.05) is 13.0 Å². The third-order valence-corrected chi connectivity index (χ3v) is 6.69. The molecule has 0 aromatic carbocycles. The zero-order chi connectivity index (χ0) is 23.9. The van der Waals surface area contributed by atoms with Crippen LogP contribution in [0.25, 0.3) is 16.7 Å². The first kappa shape index (κ1) is 22.5. The molecule has 2 amide bonds. The summed E-state index contributed by atoms with van der Waals surface area (Å²) in [6.45, 7) is 4.42. The van der Waals surface area contributed by atoms with Crippen LogP contribution >= 0.6 is 0 Å². The molecule has 0 spiro atoms. The Morgan fingerprint density at radius 3 is 2.79 bits per heavy atom. The molecule has 5 heterocycles. The van der Waals surface area contributed by atoms with Crippen LogP contribution in [0.3, 0.4) is 0 Å². The van der Waals surface area contributed by atoms with Gasteiger partial charge in [0.1, 0.15) is 11.4 Å². The number of anilines is 2. The van der Waals surface area contributed by atoms with Crippen molar-refractivity contribution in [2.45, 2.75) is 37.9 Å². The summed E-state index contributed by atoms with van der Waals surface area (Å²) in [5.41, 5.74) is 7.93. The summed E-state index contributed by atoms with van der Waals surface area (Å²) in [6.07, 6.45) is 3.52. The number of nitrogens with two attached hydrogens (primary N) is 1. The van der Waals surface area contributed by atoms with Crippen LogP contribution in [0.4, 0.5) is 16.3 Å². The molecule has 0 aliphatic carbocycles. The number of rotatable bonds is 5. The van der Waals surface area contributed by atoms with Gasteiger partial charge in [-0.1, -0.05) is 0 Å². The van der Waals surface area contributed by atoms with Crippen LogP contribution in [0.5, 0.6) is 0 Å². The Kier molecular flexibility index (Phi) is 5.84. The van der Waals surface area contributed by atoms with Crippen molar-refractivity contribution in [2.24, 2.45) is 5.73 Å². The molecule has 2 saturated heterocycles. The number of nitrogens with zero attached hydrogens (tertiary/aromatic N) is 5. The van der Waals surface area contributed by atoms with Crippen LogP contribution in [0.2, 0.25) is 0 Å². The number of amides is 2. The highest BCUT2D eigenvalue weighted by molar-refractivity contribution is 5.90. The summed E-state index contributed by atoms with van der Waals surface area (Å²) in [4.78, 5) is 22.8. The summed E-state index contributed by atoms with van der Waals surface area (Å²) in [5, 5.41) is 18.1. The number of fused-ring (bicyclic) bond motifs is 1. The fourth-order valence-electron chi connectivity index (χ4n) is 4.69. The van der Waals surface area contributed by atoms with Crippen molar-refractivity contribution in [3.05, 3.63) is 35.8 Å². The van der Waals surface area contributed by atoms with Crippen LogP contribution < -0.4 is 16.0 Å². The number of hydrogen-bond donors (Lipinski definition) is 3. The van der Waals surface area contributed by atoms with Gasteiger partial charge in [0.25, 0.3) is 0 Å². The second-order valence-corrected chi connectivity index (χ2v) is 8.86. The predicted octanol–water partition coefficient (Wildman–Crippen LogP) is 1.84. The van der Waals surface area contributed by atoms with Crippen LogP contribution in [0.15, 0.2) is 24.4 Å². The number of aliphatic hydroxyl groups excluding tert-OH is 1. The number of nitrogens with one attached hydrogen (secondary N) is 1. The Balaban J connectivity index is 1.66. The van der Waals surface area contributed by atoms with E-state index in [0.717, 1.165) is 41.1 Å². The molecule has 180 valence electrons. The Morgan fingerprint density at radius 1 is 1.32 bits per heavy atom. The molecule has 2 fully saturated rings. The fourth-order valence-corrected chi connectivity index (χ4v) is 4.69. The number of ether oxygens (including phenoxy) is 2. The van der Waals surface area contributed by atoms with E-state index in [0.29, 0.717) is 44.1 Å². The number of aryl methyl sites for hydroxylation is 1. The molecule has 11 nitrogen and oxygen atoms in total. The normalized spacial score (nSPS) is 21.3. The highest BCUT2D eigenvalue weighted by Crippen LogP contribution is 2.36. The van der Waals surface area contributed by atoms with E-state index in [1.165, 1.54) is 0 Å². The monoisotopic (exact) mass is 467 g/mol. The lowest BCUT2D eigenvalue weighted by atomic mass is 9.97. The van der Waals surface area contributed by atoms with Gasteiger partial charge >= 0.3 is 6.03 Å². The molecule has 3 aromatic rings. The predicted molar refractivity (Wildman–Crippen MR) is 126 cm³/mol. The smallest absolute Gasteiger partial charge is 0.317 e. The topological polar surface area (TPSA) is 141 Å². The summed E-state index contributed by atoms with van der Waals surface area (Å²) >= 11 is 0.